The Kier molecular flexibility index (Phi) is 3.77. The van der Waals surface area contributed by atoms with Gasteiger partial charge in [0.25, 0.3) is 5.69 Å². The molecule has 0 unspecified atom stereocenters. The number of halogens is 2. The molecule has 9 heteroatoms. The number of ether oxygens (including phenoxy) is 1. The zero-order valence-electron chi connectivity index (χ0n) is 11.0. The first-order chi connectivity index (χ1) is 9.73. The predicted octanol–water partition coefficient (Wildman–Crippen LogP) is 1.55. The first-order valence-electron chi connectivity index (χ1n) is 5.96. The summed E-state index contributed by atoms with van der Waals surface area (Å²) < 4.78 is 32.2. The van der Waals surface area contributed by atoms with Crippen LogP contribution in [0.25, 0.3) is 0 Å². The minimum Gasteiger partial charge on any atom is -0.480 e. The lowest BCUT2D eigenvalue weighted by atomic mass is 9.95. The smallest absolute Gasteiger partial charge is 0.329 e. The van der Waals surface area contributed by atoms with E-state index in [9.17, 15) is 23.7 Å². The lowest BCUT2D eigenvalue weighted by Gasteiger charge is -2.48. The number of hydrogen-bond donors (Lipinski definition) is 1. The molecule has 1 aromatic carbocycles. The van der Waals surface area contributed by atoms with E-state index in [4.69, 9.17) is 9.84 Å². The highest BCUT2D eigenvalue weighted by atomic mass is 19.2. The molecule has 2 rings (SSSR count). The van der Waals surface area contributed by atoms with Crippen LogP contribution in [0.2, 0.25) is 0 Å². The van der Waals surface area contributed by atoms with Gasteiger partial charge in [-0.3, -0.25) is 10.1 Å². The van der Waals surface area contributed by atoms with Crippen LogP contribution >= 0.6 is 0 Å². The molecule has 0 aliphatic carbocycles. The number of hydrogen-bond acceptors (Lipinski definition) is 5. The highest BCUT2D eigenvalue weighted by Gasteiger charge is 2.44. The lowest BCUT2D eigenvalue weighted by molar-refractivity contribution is -0.384. The van der Waals surface area contributed by atoms with E-state index < -0.39 is 46.1 Å². The minimum atomic E-state index is -1.30. The van der Waals surface area contributed by atoms with Crippen LogP contribution in [0.1, 0.15) is 6.92 Å². The quantitative estimate of drug-likeness (QED) is 0.655. The molecule has 0 amide bonds. The second kappa shape index (κ2) is 5.24. The van der Waals surface area contributed by atoms with E-state index >= 15 is 0 Å². The molecule has 0 atom stereocenters. The van der Waals surface area contributed by atoms with E-state index in [0.29, 0.717) is 6.07 Å². The summed E-state index contributed by atoms with van der Waals surface area (Å²) in [6.07, 6.45) is 0. The van der Waals surface area contributed by atoms with Crippen molar-refractivity contribution in [3.8, 4) is 0 Å². The van der Waals surface area contributed by atoms with Crippen LogP contribution < -0.4 is 4.90 Å². The Labute approximate surface area is 117 Å². The number of nitro groups is 1. The van der Waals surface area contributed by atoms with Crippen LogP contribution in [-0.4, -0.2) is 41.3 Å². The van der Waals surface area contributed by atoms with Gasteiger partial charge in [0.05, 0.1) is 4.92 Å². The highest BCUT2D eigenvalue weighted by Crippen LogP contribution is 2.38. The van der Waals surface area contributed by atoms with E-state index in [0.717, 1.165) is 6.07 Å². The number of carboxylic acids is 1. The molecule has 114 valence electrons. The van der Waals surface area contributed by atoms with Gasteiger partial charge in [-0.2, -0.15) is 0 Å². The van der Waals surface area contributed by atoms with Gasteiger partial charge in [0, 0.05) is 19.2 Å². The van der Waals surface area contributed by atoms with Crippen molar-refractivity contribution in [1.29, 1.82) is 0 Å². The molecule has 1 heterocycles. The Balaban J connectivity index is 2.20. The standard InChI is InChI=1S/C12H12F2N2O5/c1-12(21-4-9(17)18)5-15(6-12)11-8(16(19)20)3-2-7(13)10(11)14/h2-3H,4-6H2,1H3,(H,17,18). The number of aliphatic carboxylic acids is 1. The molecular formula is C12H12F2N2O5. The third-order valence-electron chi connectivity index (χ3n) is 3.16. The second-order valence-corrected chi connectivity index (χ2v) is 4.97. The maximum Gasteiger partial charge on any atom is 0.329 e. The first kappa shape index (κ1) is 15.1. The summed E-state index contributed by atoms with van der Waals surface area (Å²) in [4.78, 5) is 21.8. The highest BCUT2D eigenvalue weighted by molar-refractivity contribution is 5.68. The fraction of sp³-hybridized carbons (Fsp3) is 0.417. The van der Waals surface area contributed by atoms with Crippen LogP contribution in [-0.2, 0) is 9.53 Å². The van der Waals surface area contributed by atoms with Crippen LogP contribution in [0.4, 0.5) is 20.2 Å². The summed E-state index contributed by atoms with van der Waals surface area (Å²) in [5.74, 6) is -3.64. The summed E-state index contributed by atoms with van der Waals surface area (Å²) in [6, 6.07) is 1.58. The predicted molar refractivity (Wildman–Crippen MR) is 67.2 cm³/mol. The van der Waals surface area contributed by atoms with Crippen LogP contribution in [0.15, 0.2) is 12.1 Å². The zero-order chi connectivity index (χ0) is 15.8. The lowest BCUT2D eigenvalue weighted by Crippen LogP contribution is -2.62. The fourth-order valence-corrected chi connectivity index (χ4v) is 2.22. The molecular weight excluding hydrogens is 290 g/mol. The number of rotatable bonds is 5. The molecule has 0 bridgehead atoms. The molecule has 0 radical (unpaired) electrons. The van der Waals surface area contributed by atoms with Crippen LogP contribution in [0.3, 0.4) is 0 Å². The van der Waals surface area contributed by atoms with Crippen LogP contribution in [0, 0.1) is 21.7 Å². The van der Waals surface area contributed by atoms with Gasteiger partial charge in [-0.05, 0) is 13.0 Å². The van der Waals surface area contributed by atoms with Gasteiger partial charge in [-0.1, -0.05) is 0 Å². The first-order valence-corrected chi connectivity index (χ1v) is 5.96. The molecule has 0 aromatic heterocycles. The van der Waals surface area contributed by atoms with Crippen molar-refractivity contribution >= 4 is 17.3 Å². The Bertz CT molecular complexity index is 602. The zero-order valence-corrected chi connectivity index (χ0v) is 11.0. The van der Waals surface area contributed by atoms with Crippen molar-refractivity contribution in [2.45, 2.75) is 12.5 Å². The summed E-state index contributed by atoms with van der Waals surface area (Å²) in [7, 11) is 0. The maximum absolute atomic E-state index is 13.8. The molecule has 1 aliphatic heterocycles. The monoisotopic (exact) mass is 302 g/mol. The van der Waals surface area contributed by atoms with Gasteiger partial charge in [0.15, 0.2) is 17.3 Å². The van der Waals surface area contributed by atoms with E-state index in [1.807, 2.05) is 0 Å². The van der Waals surface area contributed by atoms with E-state index in [-0.39, 0.29) is 13.1 Å². The third-order valence-corrected chi connectivity index (χ3v) is 3.16. The van der Waals surface area contributed by atoms with Crippen molar-refractivity contribution in [2.75, 3.05) is 24.6 Å². The van der Waals surface area contributed by atoms with E-state index in [1.165, 1.54) is 4.90 Å². The van der Waals surface area contributed by atoms with E-state index in [1.54, 1.807) is 6.92 Å². The van der Waals surface area contributed by atoms with Gasteiger partial charge in [0.1, 0.15) is 12.2 Å². The Hall–Kier alpha value is -2.29. The summed E-state index contributed by atoms with van der Waals surface area (Å²) in [5.41, 5.74) is -1.86. The topological polar surface area (TPSA) is 92.9 Å². The largest absolute Gasteiger partial charge is 0.480 e. The molecule has 0 spiro atoms. The van der Waals surface area contributed by atoms with E-state index in [2.05, 4.69) is 0 Å². The summed E-state index contributed by atoms with van der Waals surface area (Å²) in [5, 5.41) is 19.4. The Morgan fingerprint density at radius 2 is 2.14 bits per heavy atom. The summed E-state index contributed by atoms with van der Waals surface area (Å²) >= 11 is 0. The number of nitro benzene ring substituents is 1. The molecule has 21 heavy (non-hydrogen) atoms. The second-order valence-electron chi connectivity index (χ2n) is 4.97. The Morgan fingerprint density at radius 1 is 1.52 bits per heavy atom. The third kappa shape index (κ3) is 2.92. The molecule has 1 saturated heterocycles. The number of nitrogens with zero attached hydrogens (tertiary/aromatic N) is 2. The SMILES string of the molecule is CC1(OCC(=O)O)CN(c2c([N+](=O)[O-])ccc(F)c2F)C1. The normalized spacial score (nSPS) is 16.4. The Morgan fingerprint density at radius 3 is 2.67 bits per heavy atom. The number of benzene rings is 1. The number of carbonyl (C=O) groups is 1. The van der Waals surface area contributed by atoms with Crippen LogP contribution in [0.5, 0.6) is 0 Å². The van der Waals surface area contributed by atoms with Gasteiger partial charge in [-0.15, -0.1) is 0 Å². The molecule has 0 saturated carbocycles. The minimum absolute atomic E-state index is 0.0293. The van der Waals surface area contributed by atoms with Gasteiger partial charge in [0.2, 0.25) is 0 Å². The molecule has 1 aromatic rings. The molecule has 1 aliphatic rings. The van der Waals surface area contributed by atoms with Crippen molar-refractivity contribution in [2.24, 2.45) is 0 Å². The van der Waals surface area contributed by atoms with Crippen molar-refractivity contribution < 1.29 is 28.3 Å². The maximum atomic E-state index is 13.8. The number of anilines is 1. The summed E-state index contributed by atoms with van der Waals surface area (Å²) in [6.45, 7) is 1.12. The van der Waals surface area contributed by atoms with Crippen molar-refractivity contribution in [1.82, 2.24) is 0 Å². The fourth-order valence-electron chi connectivity index (χ4n) is 2.22. The average molecular weight is 302 g/mol. The molecule has 1 fully saturated rings. The average Bonchev–Trinajstić information content (AvgIpc) is 2.36. The molecule has 1 N–H and O–H groups in total. The van der Waals surface area contributed by atoms with Crippen molar-refractivity contribution in [3.63, 3.8) is 0 Å². The van der Waals surface area contributed by atoms with Gasteiger partial charge < -0.3 is 14.7 Å². The number of carboxylic acid groups (broad SMARTS) is 1. The van der Waals surface area contributed by atoms with Gasteiger partial charge >= 0.3 is 5.97 Å². The van der Waals surface area contributed by atoms with Crippen molar-refractivity contribution in [3.05, 3.63) is 33.9 Å². The van der Waals surface area contributed by atoms with Gasteiger partial charge in [-0.25, -0.2) is 13.6 Å². The molecule has 7 nitrogen and oxygen atoms in total.